The average Bonchev–Trinajstić information content (AvgIpc) is 3.08. The molecule has 3 rings (SSSR count). The third-order valence-corrected chi connectivity index (χ3v) is 3.84. The number of nitrogens with zero attached hydrogens (tertiary/aromatic N) is 2. The van der Waals surface area contributed by atoms with E-state index in [9.17, 15) is 4.79 Å². The van der Waals surface area contributed by atoms with Crippen LogP contribution >= 0.6 is 0 Å². The normalized spacial score (nSPS) is 10.4. The number of rotatable bonds is 7. The number of aryl methyl sites for hydroxylation is 1. The molecule has 26 heavy (non-hydrogen) atoms. The molecule has 1 aromatic heterocycles. The van der Waals surface area contributed by atoms with E-state index in [-0.39, 0.29) is 5.91 Å². The summed E-state index contributed by atoms with van der Waals surface area (Å²) in [6.07, 6.45) is 0. The van der Waals surface area contributed by atoms with E-state index in [2.05, 4.69) is 10.4 Å². The van der Waals surface area contributed by atoms with Crippen LogP contribution < -0.4 is 14.8 Å². The SMILES string of the molecule is COc1ccc(OCCNC(=O)c2cc(C)n(-c3ccccc3)n2)cc1. The summed E-state index contributed by atoms with van der Waals surface area (Å²) in [6.45, 7) is 2.68. The molecule has 0 aliphatic carbocycles. The molecule has 3 aromatic rings. The Morgan fingerprint density at radius 2 is 1.77 bits per heavy atom. The molecular weight excluding hydrogens is 330 g/mol. The molecule has 0 bridgehead atoms. The minimum absolute atomic E-state index is 0.221. The molecule has 134 valence electrons. The van der Waals surface area contributed by atoms with Crippen LogP contribution in [0.3, 0.4) is 0 Å². The van der Waals surface area contributed by atoms with Crippen LogP contribution in [-0.4, -0.2) is 35.9 Å². The summed E-state index contributed by atoms with van der Waals surface area (Å²) in [5.41, 5.74) is 2.21. The predicted molar refractivity (Wildman–Crippen MR) is 99.1 cm³/mol. The molecule has 6 heteroatoms. The van der Waals surface area contributed by atoms with Crippen LogP contribution in [0.5, 0.6) is 11.5 Å². The lowest BCUT2D eigenvalue weighted by Crippen LogP contribution is -2.28. The van der Waals surface area contributed by atoms with Crippen LogP contribution in [0.1, 0.15) is 16.2 Å². The van der Waals surface area contributed by atoms with E-state index < -0.39 is 0 Å². The number of amides is 1. The summed E-state index contributed by atoms with van der Waals surface area (Å²) in [4.78, 5) is 12.3. The number of nitrogens with one attached hydrogen (secondary N) is 1. The zero-order chi connectivity index (χ0) is 18.4. The molecule has 0 atom stereocenters. The largest absolute Gasteiger partial charge is 0.497 e. The number of para-hydroxylation sites is 1. The van der Waals surface area contributed by atoms with E-state index >= 15 is 0 Å². The van der Waals surface area contributed by atoms with Crippen molar-refractivity contribution in [1.82, 2.24) is 15.1 Å². The quantitative estimate of drug-likeness (QED) is 0.665. The van der Waals surface area contributed by atoms with Gasteiger partial charge in [0.25, 0.3) is 5.91 Å². The van der Waals surface area contributed by atoms with Crippen molar-refractivity contribution in [1.29, 1.82) is 0 Å². The molecule has 1 amide bonds. The zero-order valence-corrected chi connectivity index (χ0v) is 14.8. The number of carbonyl (C=O) groups excluding carboxylic acids is 1. The van der Waals surface area contributed by atoms with Crippen LogP contribution in [0, 0.1) is 6.92 Å². The number of carbonyl (C=O) groups is 1. The van der Waals surface area contributed by atoms with Crippen molar-refractivity contribution < 1.29 is 14.3 Å². The summed E-state index contributed by atoms with van der Waals surface area (Å²) < 4.78 is 12.4. The fraction of sp³-hybridized carbons (Fsp3) is 0.200. The summed E-state index contributed by atoms with van der Waals surface area (Å²) in [6, 6.07) is 18.8. The second-order valence-corrected chi connectivity index (χ2v) is 5.70. The van der Waals surface area contributed by atoms with E-state index in [0.717, 1.165) is 22.9 Å². The standard InChI is InChI=1S/C20H21N3O3/c1-15-14-19(22-23(15)16-6-4-3-5-7-16)20(24)21-12-13-26-18-10-8-17(25-2)9-11-18/h3-11,14H,12-13H2,1-2H3,(H,21,24). The molecule has 0 spiro atoms. The van der Waals surface area contributed by atoms with Gasteiger partial charge in [-0.05, 0) is 49.4 Å². The molecule has 0 saturated heterocycles. The highest BCUT2D eigenvalue weighted by molar-refractivity contribution is 5.92. The van der Waals surface area contributed by atoms with E-state index in [4.69, 9.17) is 9.47 Å². The first-order valence-electron chi connectivity index (χ1n) is 8.34. The number of hydrogen-bond acceptors (Lipinski definition) is 4. The Balaban J connectivity index is 1.52. The van der Waals surface area contributed by atoms with E-state index in [1.54, 1.807) is 17.9 Å². The lowest BCUT2D eigenvalue weighted by atomic mass is 10.3. The van der Waals surface area contributed by atoms with E-state index in [1.165, 1.54) is 0 Å². The van der Waals surface area contributed by atoms with Crippen molar-refractivity contribution in [2.75, 3.05) is 20.3 Å². The van der Waals surface area contributed by atoms with Crippen LogP contribution in [0.2, 0.25) is 0 Å². The molecule has 1 N–H and O–H groups in total. The maximum absolute atomic E-state index is 12.3. The second kappa shape index (κ2) is 8.20. The Kier molecular flexibility index (Phi) is 5.53. The number of benzene rings is 2. The van der Waals surface area contributed by atoms with Gasteiger partial charge in [-0.3, -0.25) is 4.79 Å². The van der Waals surface area contributed by atoms with Crippen LogP contribution in [0.25, 0.3) is 5.69 Å². The lowest BCUT2D eigenvalue weighted by Gasteiger charge is -2.07. The highest BCUT2D eigenvalue weighted by Crippen LogP contribution is 2.16. The van der Waals surface area contributed by atoms with E-state index in [1.807, 2.05) is 61.5 Å². The third-order valence-electron chi connectivity index (χ3n) is 3.84. The Hall–Kier alpha value is -3.28. The molecule has 6 nitrogen and oxygen atoms in total. The fourth-order valence-corrected chi connectivity index (χ4v) is 2.51. The lowest BCUT2D eigenvalue weighted by molar-refractivity contribution is 0.0941. The van der Waals surface area contributed by atoms with Crippen molar-refractivity contribution in [3.05, 3.63) is 72.1 Å². The molecule has 0 fully saturated rings. The first-order valence-corrected chi connectivity index (χ1v) is 8.34. The van der Waals surface area contributed by atoms with Crippen molar-refractivity contribution in [2.45, 2.75) is 6.92 Å². The van der Waals surface area contributed by atoms with Crippen molar-refractivity contribution >= 4 is 5.91 Å². The van der Waals surface area contributed by atoms with Gasteiger partial charge in [0.1, 0.15) is 18.1 Å². The van der Waals surface area contributed by atoms with Crippen LogP contribution in [0.15, 0.2) is 60.7 Å². The van der Waals surface area contributed by atoms with Gasteiger partial charge >= 0.3 is 0 Å². The van der Waals surface area contributed by atoms with Crippen molar-refractivity contribution in [3.8, 4) is 17.2 Å². The molecule has 0 aliphatic rings. The molecule has 0 saturated carbocycles. The summed E-state index contributed by atoms with van der Waals surface area (Å²) in [7, 11) is 1.62. The molecule has 2 aromatic carbocycles. The van der Waals surface area contributed by atoms with Gasteiger partial charge in [-0.1, -0.05) is 18.2 Å². The Morgan fingerprint density at radius 3 is 2.46 bits per heavy atom. The number of hydrogen-bond donors (Lipinski definition) is 1. The van der Waals surface area contributed by atoms with Crippen LogP contribution in [0.4, 0.5) is 0 Å². The average molecular weight is 351 g/mol. The summed E-state index contributed by atoms with van der Waals surface area (Å²) >= 11 is 0. The maximum atomic E-state index is 12.3. The number of ether oxygens (including phenoxy) is 2. The molecule has 0 aliphatic heterocycles. The predicted octanol–water partition coefficient (Wildman–Crippen LogP) is 3.00. The van der Waals surface area contributed by atoms with Gasteiger partial charge in [-0.25, -0.2) is 4.68 Å². The van der Waals surface area contributed by atoms with Gasteiger partial charge in [-0.2, -0.15) is 5.10 Å². The van der Waals surface area contributed by atoms with Gasteiger partial charge in [-0.15, -0.1) is 0 Å². The molecular formula is C20H21N3O3. The Bertz CT molecular complexity index is 858. The van der Waals surface area contributed by atoms with E-state index in [0.29, 0.717) is 18.8 Å². The van der Waals surface area contributed by atoms with Gasteiger partial charge in [0, 0.05) is 5.69 Å². The van der Waals surface area contributed by atoms with Gasteiger partial charge in [0.05, 0.1) is 19.3 Å². The highest BCUT2D eigenvalue weighted by Gasteiger charge is 2.12. The first-order chi connectivity index (χ1) is 12.7. The van der Waals surface area contributed by atoms with Gasteiger partial charge in [0.2, 0.25) is 0 Å². The van der Waals surface area contributed by atoms with Crippen LogP contribution in [-0.2, 0) is 0 Å². The third kappa shape index (κ3) is 4.22. The topological polar surface area (TPSA) is 65.4 Å². The second-order valence-electron chi connectivity index (χ2n) is 5.70. The van der Waals surface area contributed by atoms with Gasteiger partial charge < -0.3 is 14.8 Å². The molecule has 0 unspecified atom stereocenters. The first kappa shape index (κ1) is 17.5. The monoisotopic (exact) mass is 351 g/mol. The van der Waals surface area contributed by atoms with Crippen molar-refractivity contribution in [2.24, 2.45) is 0 Å². The minimum atomic E-state index is -0.221. The Morgan fingerprint density at radius 1 is 1.08 bits per heavy atom. The molecule has 1 heterocycles. The Labute approximate surface area is 152 Å². The maximum Gasteiger partial charge on any atom is 0.271 e. The van der Waals surface area contributed by atoms with Gasteiger partial charge in [0.15, 0.2) is 5.69 Å². The number of aromatic nitrogens is 2. The van der Waals surface area contributed by atoms with Crippen molar-refractivity contribution in [3.63, 3.8) is 0 Å². The summed E-state index contributed by atoms with van der Waals surface area (Å²) in [5.74, 6) is 1.28. The minimum Gasteiger partial charge on any atom is -0.497 e. The number of methoxy groups -OCH3 is 1. The highest BCUT2D eigenvalue weighted by atomic mass is 16.5. The zero-order valence-electron chi connectivity index (χ0n) is 14.8. The summed E-state index contributed by atoms with van der Waals surface area (Å²) in [5, 5.41) is 7.21. The smallest absolute Gasteiger partial charge is 0.271 e. The molecule has 0 radical (unpaired) electrons. The fourth-order valence-electron chi connectivity index (χ4n) is 2.51.